The number of rotatable bonds is 9. The Bertz CT molecular complexity index is 447. The Morgan fingerprint density at radius 3 is 2.74 bits per heavy atom. The number of para-hydroxylation sites is 1. The third kappa shape index (κ3) is 6.59. The molecule has 0 unspecified atom stereocenters. The SMILES string of the molecule is CCCN(CC(=O)NCCOc1ccccc1)C1CCNCC1. The minimum absolute atomic E-state index is 0.0913. The summed E-state index contributed by atoms with van der Waals surface area (Å²) in [6, 6.07) is 10.2. The summed E-state index contributed by atoms with van der Waals surface area (Å²) in [5.41, 5.74) is 0. The summed E-state index contributed by atoms with van der Waals surface area (Å²) < 4.78 is 5.59. The van der Waals surface area contributed by atoms with Gasteiger partial charge in [-0.3, -0.25) is 9.69 Å². The fourth-order valence-corrected chi connectivity index (χ4v) is 2.97. The summed E-state index contributed by atoms with van der Waals surface area (Å²) in [5.74, 6) is 0.928. The van der Waals surface area contributed by atoms with Crippen molar-refractivity contribution in [3.63, 3.8) is 0 Å². The summed E-state index contributed by atoms with van der Waals surface area (Å²) in [5, 5.41) is 6.34. The number of benzene rings is 1. The first kappa shape index (κ1) is 17.8. The Morgan fingerprint density at radius 1 is 1.30 bits per heavy atom. The molecule has 23 heavy (non-hydrogen) atoms. The average Bonchev–Trinajstić information content (AvgIpc) is 2.60. The van der Waals surface area contributed by atoms with Crippen LogP contribution in [-0.2, 0) is 4.79 Å². The van der Waals surface area contributed by atoms with Gasteiger partial charge >= 0.3 is 0 Å². The summed E-state index contributed by atoms with van der Waals surface area (Å²) in [4.78, 5) is 14.5. The number of hydrogen-bond donors (Lipinski definition) is 2. The molecular weight excluding hydrogens is 290 g/mol. The maximum atomic E-state index is 12.2. The fourth-order valence-electron chi connectivity index (χ4n) is 2.97. The first-order valence-electron chi connectivity index (χ1n) is 8.69. The van der Waals surface area contributed by atoms with Gasteiger partial charge in [0.15, 0.2) is 0 Å². The minimum Gasteiger partial charge on any atom is -0.492 e. The number of carbonyl (C=O) groups is 1. The molecule has 5 heteroatoms. The van der Waals surface area contributed by atoms with Crippen molar-refractivity contribution >= 4 is 5.91 Å². The van der Waals surface area contributed by atoms with Gasteiger partial charge in [0.1, 0.15) is 12.4 Å². The third-order valence-corrected chi connectivity index (χ3v) is 4.12. The molecule has 0 atom stereocenters. The zero-order chi connectivity index (χ0) is 16.3. The van der Waals surface area contributed by atoms with E-state index in [1.165, 1.54) is 0 Å². The van der Waals surface area contributed by atoms with Gasteiger partial charge < -0.3 is 15.4 Å². The van der Waals surface area contributed by atoms with Gasteiger partial charge in [0.2, 0.25) is 5.91 Å². The lowest BCUT2D eigenvalue weighted by atomic mass is 10.0. The van der Waals surface area contributed by atoms with Crippen molar-refractivity contribution in [1.29, 1.82) is 0 Å². The van der Waals surface area contributed by atoms with E-state index in [9.17, 15) is 4.79 Å². The van der Waals surface area contributed by atoms with Crippen LogP contribution in [0.2, 0.25) is 0 Å². The molecule has 2 rings (SSSR count). The van der Waals surface area contributed by atoms with Gasteiger partial charge in [0.25, 0.3) is 0 Å². The molecule has 2 N–H and O–H groups in total. The van der Waals surface area contributed by atoms with E-state index in [0.29, 0.717) is 25.7 Å². The number of nitrogens with one attached hydrogen (secondary N) is 2. The maximum Gasteiger partial charge on any atom is 0.234 e. The number of nitrogens with zero attached hydrogens (tertiary/aromatic N) is 1. The van der Waals surface area contributed by atoms with Crippen molar-refractivity contribution in [2.75, 3.05) is 39.3 Å². The molecule has 1 aromatic rings. The quantitative estimate of drug-likeness (QED) is 0.680. The van der Waals surface area contributed by atoms with Crippen LogP contribution in [0.3, 0.4) is 0 Å². The Kier molecular flexibility index (Phi) is 7.90. The zero-order valence-electron chi connectivity index (χ0n) is 14.1. The molecule has 1 amide bonds. The van der Waals surface area contributed by atoms with Crippen molar-refractivity contribution in [3.05, 3.63) is 30.3 Å². The molecule has 0 radical (unpaired) electrons. The Morgan fingerprint density at radius 2 is 2.04 bits per heavy atom. The van der Waals surface area contributed by atoms with E-state index in [-0.39, 0.29) is 5.91 Å². The first-order chi connectivity index (χ1) is 11.3. The van der Waals surface area contributed by atoms with Gasteiger partial charge in [-0.25, -0.2) is 0 Å². The van der Waals surface area contributed by atoms with E-state index in [4.69, 9.17) is 4.74 Å². The lowest BCUT2D eigenvalue weighted by Gasteiger charge is -2.34. The van der Waals surface area contributed by atoms with Crippen LogP contribution in [0.15, 0.2) is 30.3 Å². The van der Waals surface area contributed by atoms with Crippen molar-refractivity contribution < 1.29 is 9.53 Å². The molecule has 5 nitrogen and oxygen atoms in total. The molecule has 1 saturated heterocycles. The second-order valence-electron chi connectivity index (χ2n) is 5.96. The van der Waals surface area contributed by atoms with Crippen LogP contribution in [-0.4, -0.2) is 56.2 Å². The molecule has 128 valence electrons. The second kappa shape index (κ2) is 10.2. The van der Waals surface area contributed by atoms with E-state index in [1.807, 2.05) is 30.3 Å². The van der Waals surface area contributed by atoms with E-state index in [1.54, 1.807) is 0 Å². The van der Waals surface area contributed by atoms with Gasteiger partial charge in [-0.1, -0.05) is 25.1 Å². The third-order valence-electron chi connectivity index (χ3n) is 4.12. The number of hydrogen-bond acceptors (Lipinski definition) is 4. The summed E-state index contributed by atoms with van der Waals surface area (Å²) in [6.45, 7) is 6.79. The van der Waals surface area contributed by atoms with E-state index in [0.717, 1.165) is 44.6 Å². The van der Waals surface area contributed by atoms with Gasteiger partial charge in [0.05, 0.1) is 13.1 Å². The Hall–Kier alpha value is -1.59. The molecular formula is C18H29N3O2. The van der Waals surface area contributed by atoms with Gasteiger partial charge in [-0.15, -0.1) is 0 Å². The molecule has 1 fully saturated rings. The molecule has 0 bridgehead atoms. The number of carbonyl (C=O) groups excluding carboxylic acids is 1. The van der Waals surface area contributed by atoms with Crippen LogP contribution in [0.4, 0.5) is 0 Å². The average molecular weight is 319 g/mol. The second-order valence-corrected chi connectivity index (χ2v) is 5.96. The van der Waals surface area contributed by atoms with Crippen molar-refractivity contribution in [2.24, 2.45) is 0 Å². The van der Waals surface area contributed by atoms with E-state index >= 15 is 0 Å². The van der Waals surface area contributed by atoms with Crippen molar-refractivity contribution in [3.8, 4) is 5.75 Å². The first-order valence-corrected chi connectivity index (χ1v) is 8.69. The highest BCUT2D eigenvalue weighted by atomic mass is 16.5. The molecule has 0 aliphatic carbocycles. The predicted molar refractivity (Wildman–Crippen MR) is 92.7 cm³/mol. The van der Waals surface area contributed by atoms with Crippen LogP contribution in [0.25, 0.3) is 0 Å². The number of amides is 1. The Labute approximate surface area is 139 Å². The summed E-state index contributed by atoms with van der Waals surface area (Å²) in [7, 11) is 0. The lowest BCUT2D eigenvalue weighted by molar-refractivity contribution is -0.123. The highest BCUT2D eigenvalue weighted by Crippen LogP contribution is 2.12. The Balaban J connectivity index is 1.67. The van der Waals surface area contributed by atoms with Crippen LogP contribution in [0.1, 0.15) is 26.2 Å². The lowest BCUT2D eigenvalue weighted by Crippen LogP contribution is -2.48. The standard InChI is InChI=1S/C18H29N3O2/c1-2-13-21(16-8-10-19-11-9-16)15-18(22)20-12-14-23-17-6-4-3-5-7-17/h3-7,16,19H,2,8-15H2,1H3,(H,20,22). The van der Waals surface area contributed by atoms with E-state index < -0.39 is 0 Å². The maximum absolute atomic E-state index is 12.2. The van der Waals surface area contributed by atoms with Crippen LogP contribution < -0.4 is 15.4 Å². The normalized spacial score (nSPS) is 15.6. The topological polar surface area (TPSA) is 53.6 Å². The summed E-state index contributed by atoms with van der Waals surface area (Å²) >= 11 is 0. The summed E-state index contributed by atoms with van der Waals surface area (Å²) in [6.07, 6.45) is 3.34. The fraction of sp³-hybridized carbons (Fsp3) is 0.611. The monoisotopic (exact) mass is 319 g/mol. The van der Waals surface area contributed by atoms with Crippen molar-refractivity contribution in [1.82, 2.24) is 15.5 Å². The number of piperidine rings is 1. The van der Waals surface area contributed by atoms with Gasteiger partial charge in [-0.2, -0.15) is 0 Å². The van der Waals surface area contributed by atoms with Gasteiger partial charge in [0, 0.05) is 6.04 Å². The largest absolute Gasteiger partial charge is 0.492 e. The van der Waals surface area contributed by atoms with Crippen LogP contribution >= 0.6 is 0 Å². The van der Waals surface area contributed by atoms with Gasteiger partial charge in [-0.05, 0) is 51.0 Å². The van der Waals surface area contributed by atoms with Crippen molar-refractivity contribution in [2.45, 2.75) is 32.2 Å². The smallest absolute Gasteiger partial charge is 0.234 e. The molecule has 1 aliphatic rings. The van der Waals surface area contributed by atoms with Crippen LogP contribution in [0, 0.1) is 0 Å². The molecule has 0 aromatic heterocycles. The van der Waals surface area contributed by atoms with Crippen LogP contribution in [0.5, 0.6) is 5.75 Å². The molecule has 1 aliphatic heterocycles. The molecule has 0 saturated carbocycles. The zero-order valence-corrected chi connectivity index (χ0v) is 14.1. The highest BCUT2D eigenvalue weighted by molar-refractivity contribution is 5.78. The predicted octanol–water partition coefficient (Wildman–Crippen LogP) is 1.65. The van der Waals surface area contributed by atoms with E-state index in [2.05, 4.69) is 22.5 Å². The minimum atomic E-state index is 0.0913. The molecule has 1 aromatic carbocycles. The molecule has 1 heterocycles. The highest BCUT2D eigenvalue weighted by Gasteiger charge is 2.22. The molecule has 0 spiro atoms. The number of ether oxygens (including phenoxy) is 1.